The summed E-state index contributed by atoms with van der Waals surface area (Å²) < 4.78 is 13.5. The molecule has 40 heavy (non-hydrogen) atoms. The molecule has 5 rings (SSSR count). The standard InChI is InChI=1S/C29H37BrN6O4/c1-4-23-20(25(34-19-8-12-40-13-9-19)21-17-33-36(5-2)26(21)35-23)16-32-28(38)29(10-11-29)27(37)31-15-18-6-7-24(39-3)22(30)14-18/h6-7,14,17,19H,4-5,8-13,15-16H2,1-3H3,(H,31,37)(H,32,38)(H,34,35). The Bertz CT molecular complexity index is 1400. The molecule has 1 aliphatic heterocycles. The van der Waals surface area contributed by atoms with Gasteiger partial charge in [-0.05, 0) is 72.7 Å². The van der Waals surface area contributed by atoms with Crippen molar-refractivity contribution in [2.75, 3.05) is 25.6 Å². The van der Waals surface area contributed by atoms with Crippen LogP contribution in [-0.4, -0.2) is 52.9 Å². The van der Waals surface area contributed by atoms with Gasteiger partial charge in [-0.2, -0.15) is 5.10 Å². The molecule has 2 aliphatic rings. The molecule has 11 heteroatoms. The first kappa shape index (κ1) is 28.4. The number of hydrogen-bond acceptors (Lipinski definition) is 7. The van der Waals surface area contributed by atoms with Gasteiger partial charge in [0.2, 0.25) is 11.8 Å². The number of aromatic nitrogens is 3. The maximum Gasteiger partial charge on any atom is 0.235 e. The lowest BCUT2D eigenvalue weighted by atomic mass is 10.0. The third-order valence-electron chi connectivity index (χ3n) is 7.89. The molecule has 3 N–H and O–H groups in total. The van der Waals surface area contributed by atoms with Gasteiger partial charge < -0.3 is 25.4 Å². The van der Waals surface area contributed by atoms with Crippen molar-refractivity contribution in [2.45, 2.75) is 71.6 Å². The van der Waals surface area contributed by atoms with E-state index in [2.05, 4.69) is 43.9 Å². The number of nitrogens with one attached hydrogen (secondary N) is 3. The Labute approximate surface area is 242 Å². The van der Waals surface area contributed by atoms with E-state index < -0.39 is 5.41 Å². The minimum Gasteiger partial charge on any atom is -0.496 e. The Morgan fingerprint density at radius 3 is 2.50 bits per heavy atom. The summed E-state index contributed by atoms with van der Waals surface area (Å²) in [5.41, 5.74) is 3.55. The Morgan fingerprint density at radius 1 is 1.15 bits per heavy atom. The van der Waals surface area contributed by atoms with E-state index in [-0.39, 0.29) is 24.4 Å². The molecule has 10 nitrogen and oxygen atoms in total. The lowest BCUT2D eigenvalue weighted by Crippen LogP contribution is -2.42. The van der Waals surface area contributed by atoms with Crippen molar-refractivity contribution < 1.29 is 19.1 Å². The zero-order valence-corrected chi connectivity index (χ0v) is 24.9. The highest BCUT2D eigenvalue weighted by Crippen LogP contribution is 2.46. The fraction of sp³-hybridized carbons (Fsp3) is 0.517. The van der Waals surface area contributed by atoms with Gasteiger partial charge in [0.15, 0.2) is 5.65 Å². The molecular formula is C29H37BrN6O4. The largest absolute Gasteiger partial charge is 0.496 e. The van der Waals surface area contributed by atoms with Crippen molar-refractivity contribution in [3.05, 3.63) is 45.7 Å². The van der Waals surface area contributed by atoms with Gasteiger partial charge in [0.1, 0.15) is 11.2 Å². The zero-order valence-electron chi connectivity index (χ0n) is 23.3. The van der Waals surface area contributed by atoms with Gasteiger partial charge in [0.05, 0.1) is 28.9 Å². The molecule has 3 aromatic rings. The molecule has 2 amide bonds. The minimum absolute atomic E-state index is 0.244. The van der Waals surface area contributed by atoms with Crippen LogP contribution in [-0.2, 0) is 40.4 Å². The number of aryl methyl sites for hydroxylation is 2. The van der Waals surface area contributed by atoms with Gasteiger partial charge in [-0.1, -0.05) is 13.0 Å². The summed E-state index contributed by atoms with van der Waals surface area (Å²) in [6.45, 7) is 6.89. The van der Waals surface area contributed by atoms with Crippen LogP contribution < -0.4 is 20.7 Å². The molecular weight excluding hydrogens is 576 g/mol. The second-order valence-electron chi connectivity index (χ2n) is 10.4. The summed E-state index contributed by atoms with van der Waals surface area (Å²) in [6, 6.07) is 5.91. The summed E-state index contributed by atoms with van der Waals surface area (Å²) in [6.07, 6.45) is 5.45. The number of hydrogen-bond donors (Lipinski definition) is 3. The number of carbonyl (C=O) groups excluding carboxylic acids is 2. The molecule has 0 atom stereocenters. The number of nitrogens with zero attached hydrogens (tertiary/aromatic N) is 3. The molecule has 0 unspecified atom stereocenters. The van der Waals surface area contributed by atoms with Crippen LogP contribution in [0.2, 0.25) is 0 Å². The van der Waals surface area contributed by atoms with Crippen molar-refractivity contribution in [3.63, 3.8) is 0 Å². The number of rotatable bonds is 11. The lowest BCUT2D eigenvalue weighted by Gasteiger charge is -2.27. The highest BCUT2D eigenvalue weighted by molar-refractivity contribution is 9.10. The van der Waals surface area contributed by atoms with Crippen LogP contribution in [0.15, 0.2) is 28.9 Å². The molecule has 3 heterocycles. The molecule has 1 saturated carbocycles. The Balaban J connectivity index is 1.32. The number of anilines is 1. The fourth-order valence-electron chi connectivity index (χ4n) is 5.29. The summed E-state index contributed by atoms with van der Waals surface area (Å²) in [4.78, 5) is 31.5. The first-order valence-corrected chi connectivity index (χ1v) is 14.8. The summed E-state index contributed by atoms with van der Waals surface area (Å²) in [7, 11) is 1.61. The molecule has 1 saturated heterocycles. The van der Waals surface area contributed by atoms with E-state index in [4.69, 9.17) is 14.5 Å². The van der Waals surface area contributed by atoms with Crippen LogP contribution in [0.4, 0.5) is 5.69 Å². The normalized spacial score (nSPS) is 16.5. The van der Waals surface area contributed by atoms with E-state index in [0.717, 1.165) is 76.4 Å². The van der Waals surface area contributed by atoms with Crippen molar-refractivity contribution in [1.82, 2.24) is 25.4 Å². The fourth-order valence-corrected chi connectivity index (χ4v) is 5.88. The van der Waals surface area contributed by atoms with E-state index in [0.29, 0.717) is 25.8 Å². The van der Waals surface area contributed by atoms with Crippen LogP contribution in [0.25, 0.3) is 11.0 Å². The molecule has 1 aromatic carbocycles. The average Bonchev–Trinajstić information content (AvgIpc) is 3.69. The van der Waals surface area contributed by atoms with E-state index in [9.17, 15) is 9.59 Å². The minimum atomic E-state index is -1.03. The molecule has 1 aliphatic carbocycles. The van der Waals surface area contributed by atoms with Gasteiger partial charge in [0.25, 0.3) is 0 Å². The number of halogens is 1. The second-order valence-corrected chi connectivity index (χ2v) is 11.3. The van der Waals surface area contributed by atoms with Gasteiger partial charge in [-0.3, -0.25) is 9.59 Å². The number of amides is 2. The predicted molar refractivity (Wildman–Crippen MR) is 156 cm³/mol. The Morgan fingerprint density at radius 2 is 1.88 bits per heavy atom. The third-order valence-corrected chi connectivity index (χ3v) is 8.51. The molecule has 0 radical (unpaired) electrons. The molecule has 2 aromatic heterocycles. The summed E-state index contributed by atoms with van der Waals surface area (Å²) in [5.74, 6) is 0.232. The van der Waals surface area contributed by atoms with Crippen LogP contribution in [0, 0.1) is 5.41 Å². The smallest absolute Gasteiger partial charge is 0.235 e. The topological polar surface area (TPSA) is 119 Å². The van der Waals surface area contributed by atoms with Crippen LogP contribution >= 0.6 is 15.9 Å². The first-order valence-electron chi connectivity index (χ1n) is 14.0. The summed E-state index contributed by atoms with van der Waals surface area (Å²) in [5, 5.41) is 15.3. The molecule has 0 spiro atoms. The van der Waals surface area contributed by atoms with E-state index in [1.807, 2.05) is 36.0 Å². The quantitative estimate of drug-likeness (QED) is 0.279. The summed E-state index contributed by atoms with van der Waals surface area (Å²) >= 11 is 3.48. The monoisotopic (exact) mass is 612 g/mol. The first-order chi connectivity index (χ1) is 19.4. The Kier molecular flexibility index (Phi) is 8.60. The van der Waals surface area contributed by atoms with Gasteiger partial charge in [-0.25, -0.2) is 9.67 Å². The third kappa shape index (κ3) is 5.67. The van der Waals surface area contributed by atoms with Crippen LogP contribution in [0.1, 0.15) is 56.4 Å². The number of carbonyl (C=O) groups is 2. The molecule has 2 fully saturated rings. The van der Waals surface area contributed by atoms with E-state index in [1.54, 1.807) is 7.11 Å². The van der Waals surface area contributed by atoms with Crippen LogP contribution in [0.3, 0.4) is 0 Å². The van der Waals surface area contributed by atoms with Gasteiger partial charge in [0, 0.05) is 50.1 Å². The van der Waals surface area contributed by atoms with Crippen molar-refractivity contribution in [1.29, 1.82) is 0 Å². The van der Waals surface area contributed by atoms with E-state index in [1.165, 1.54) is 0 Å². The van der Waals surface area contributed by atoms with Gasteiger partial charge in [-0.15, -0.1) is 0 Å². The molecule has 0 bridgehead atoms. The van der Waals surface area contributed by atoms with E-state index >= 15 is 0 Å². The van der Waals surface area contributed by atoms with Crippen molar-refractivity contribution in [3.8, 4) is 5.75 Å². The van der Waals surface area contributed by atoms with Crippen molar-refractivity contribution in [2.24, 2.45) is 5.41 Å². The lowest BCUT2D eigenvalue weighted by molar-refractivity contribution is -0.137. The van der Waals surface area contributed by atoms with Crippen LogP contribution in [0.5, 0.6) is 5.75 Å². The molecule has 214 valence electrons. The highest BCUT2D eigenvalue weighted by atomic mass is 79.9. The zero-order chi connectivity index (χ0) is 28.3. The van der Waals surface area contributed by atoms with Gasteiger partial charge >= 0.3 is 0 Å². The SMILES string of the molecule is CCc1nc2c(cnn2CC)c(NC2CCOCC2)c1CNC(=O)C1(C(=O)NCc2ccc(OC)c(Br)c2)CC1. The number of ether oxygens (including phenoxy) is 2. The second kappa shape index (κ2) is 12.1. The number of benzene rings is 1. The average molecular weight is 614 g/mol. The maximum absolute atomic E-state index is 13.4. The highest BCUT2D eigenvalue weighted by Gasteiger charge is 2.56. The maximum atomic E-state index is 13.4. The van der Waals surface area contributed by atoms with Crippen molar-refractivity contribution >= 4 is 44.5 Å². The number of methoxy groups -OCH3 is 1. The predicted octanol–water partition coefficient (Wildman–Crippen LogP) is 4.09. The number of pyridine rings is 1. The number of fused-ring (bicyclic) bond motifs is 1. The Hall–Kier alpha value is -3.18.